The number of amides is 1. The van der Waals surface area contributed by atoms with E-state index in [0.29, 0.717) is 5.56 Å². The summed E-state index contributed by atoms with van der Waals surface area (Å²) in [5.74, 6) is -3.66. The molecule has 1 heterocycles. The number of halogens is 1. The predicted molar refractivity (Wildman–Crippen MR) is 145 cm³/mol. The van der Waals surface area contributed by atoms with E-state index in [1.54, 1.807) is 26.8 Å². The van der Waals surface area contributed by atoms with Crippen molar-refractivity contribution in [1.82, 2.24) is 4.90 Å². The molecule has 2 aromatic carbocycles. The number of nitro benzene ring substituents is 1. The van der Waals surface area contributed by atoms with Crippen LogP contribution in [0.4, 0.5) is 14.9 Å². The molecule has 2 unspecified atom stereocenters. The van der Waals surface area contributed by atoms with Crippen LogP contribution in [-0.4, -0.2) is 53.3 Å². The van der Waals surface area contributed by atoms with Gasteiger partial charge in [0.2, 0.25) is 5.82 Å². The van der Waals surface area contributed by atoms with Crippen molar-refractivity contribution in [2.45, 2.75) is 71.6 Å². The van der Waals surface area contributed by atoms with E-state index < -0.39 is 67.2 Å². The third-order valence-corrected chi connectivity index (χ3v) is 8.17. The molecule has 0 saturated carbocycles. The number of rotatable bonds is 6. The summed E-state index contributed by atoms with van der Waals surface area (Å²) in [7, 11) is -3.78. The van der Waals surface area contributed by atoms with Crippen molar-refractivity contribution in [1.29, 1.82) is 0 Å². The molecule has 0 spiro atoms. The molecular formula is C28H35FN2O7S. The molecule has 0 aliphatic carbocycles. The average molecular weight is 563 g/mol. The summed E-state index contributed by atoms with van der Waals surface area (Å²) >= 11 is 0. The van der Waals surface area contributed by atoms with Crippen LogP contribution in [-0.2, 0) is 37.7 Å². The van der Waals surface area contributed by atoms with Gasteiger partial charge in [-0.3, -0.25) is 19.8 Å². The lowest BCUT2D eigenvalue weighted by Crippen LogP contribution is -2.56. The maximum atomic E-state index is 14.2. The Hall–Kier alpha value is -3.34. The Morgan fingerprint density at radius 3 is 2.31 bits per heavy atom. The molecule has 11 heteroatoms. The minimum atomic E-state index is -3.78. The molecule has 1 aliphatic rings. The lowest BCUT2D eigenvalue weighted by Gasteiger charge is -2.37. The van der Waals surface area contributed by atoms with Crippen LogP contribution in [0.15, 0.2) is 42.5 Å². The van der Waals surface area contributed by atoms with Crippen molar-refractivity contribution in [2.75, 3.05) is 11.5 Å². The van der Waals surface area contributed by atoms with Gasteiger partial charge in [-0.25, -0.2) is 13.2 Å². The molecule has 2 atom stereocenters. The first-order valence-electron chi connectivity index (χ1n) is 12.6. The second-order valence-electron chi connectivity index (χ2n) is 12.0. The molecule has 212 valence electrons. The fourth-order valence-electron chi connectivity index (χ4n) is 4.52. The van der Waals surface area contributed by atoms with Crippen molar-refractivity contribution < 1.29 is 32.1 Å². The highest BCUT2D eigenvalue weighted by Crippen LogP contribution is 2.29. The number of carbonyl (C=O) groups excluding carboxylic acids is 2. The van der Waals surface area contributed by atoms with Crippen LogP contribution in [0.2, 0.25) is 0 Å². The zero-order valence-electron chi connectivity index (χ0n) is 23.1. The second-order valence-corrected chi connectivity index (χ2v) is 14.2. The van der Waals surface area contributed by atoms with Crippen LogP contribution < -0.4 is 0 Å². The highest BCUT2D eigenvalue weighted by molar-refractivity contribution is 7.91. The number of hydrogen-bond donors (Lipinski definition) is 0. The van der Waals surface area contributed by atoms with Gasteiger partial charge in [-0.2, -0.15) is 4.39 Å². The molecule has 1 amide bonds. The molecule has 1 aliphatic heterocycles. The number of ether oxygens (including phenoxy) is 1. The van der Waals surface area contributed by atoms with Gasteiger partial charge in [0, 0.05) is 18.5 Å². The Morgan fingerprint density at radius 2 is 1.74 bits per heavy atom. The highest BCUT2D eigenvalue weighted by Gasteiger charge is 2.44. The van der Waals surface area contributed by atoms with Crippen LogP contribution in [0.5, 0.6) is 0 Å². The molecule has 3 rings (SSSR count). The van der Waals surface area contributed by atoms with E-state index in [2.05, 4.69) is 0 Å². The van der Waals surface area contributed by atoms with E-state index in [1.807, 2.05) is 39.0 Å². The van der Waals surface area contributed by atoms with Crippen molar-refractivity contribution in [3.8, 4) is 0 Å². The molecule has 0 radical (unpaired) electrons. The monoisotopic (exact) mass is 562 g/mol. The van der Waals surface area contributed by atoms with E-state index in [1.165, 1.54) is 6.07 Å². The van der Waals surface area contributed by atoms with Gasteiger partial charge in [-0.15, -0.1) is 0 Å². The highest BCUT2D eigenvalue weighted by atomic mass is 32.2. The van der Waals surface area contributed by atoms with Gasteiger partial charge in [0.1, 0.15) is 11.6 Å². The second kappa shape index (κ2) is 11.0. The summed E-state index contributed by atoms with van der Waals surface area (Å²) in [6, 6.07) is 9.41. The van der Waals surface area contributed by atoms with Gasteiger partial charge in [-0.05, 0) is 55.4 Å². The maximum absolute atomic E-state index is 14.2. The van der Waals surface area contributed by atoms with Gasteiger partial charge >= 0.3 is 11.8 Å². The van der Waals surface area contributed by atoms with Crippen LogP contribution in [0, 0.1) is 21.8 Å². The summed E-state index contributed by atoms with van der Waals surface area (Å²) in [6.45, 7) is 11.1. The zero-order valence-corrected chi connectivity index (χ0v) is 23.9. The average Bonchev–Trinajstić information content (AvgIpc) is 2.78. The van der Waals surface area contributed by atoms with Crippen LogP contribution in [0.25, 0.3) is 0 Å². The Bertz CT molecular complexity index is 1380. The molecule has 0 bridgehead atoms. The summed E-state index contributed by atoms with van der Waals surface area (Å²) in [4.78, 5) is 38.3. The smallest absolute Gasteiger partial charge is 0.411 e. The molecule has 0 aromatic heterocycles. The van der Waals surface area contributed by atoms with Crippen molar-refractivity contribution in [2.24, 2.45) is 5.92 Å². The molecule has 1 fully saturated rings. The summed E-state index contributed by atoms with van der Waals surface area (Å²) in [5.41, 5.74) is 0.168. The first kappa shape index (κ1) is 30.2. The number of nitrogens with zero attached hydrogens (tertiary/aromatic N) is 2. The van der Waals surface area contributed by atoms with Crippen molar-refractivity contribution in [3.63, 3.8) is 0 Å². The van der Waals surface area contributed by atoms with E-state index >= 15 is 0 Å². The third-order valence-electron chi connectivity index (χ3n) is 6.44. The summed E-state index contributed by atoms with van der Waals surface area (Å²) in [6.07, 6.45) is -0.968. The van der Waals surface area contributed by atoms with Crippen LogP contribution in [0.1, 0.15) is 58.2 Å². The number of Topliss-reactive ketones (excluding diaryl/α,β-unsaturated/α-hetero) is 1. The van der Waals surface area contributed by atoms with E-state index in [-0.39, 0.29) is 23.9 Å². The molecular weight excluding hydrogens is 527 g/mol. The van der Waals surface area contributed by atoms with Gasteiger partial charge < -0.3 is 4.74 Å². The van der Waals surface area contributed by atoms with Gasteiger partial charge in [0.15, 0.2) is 15.6 Å². The fraction of sp³-hybridized carbons (Fsp3) is 0.500. The van der Waals surface area contributed by atoms with Gasteiger partial charge in [-0.1, -0.05) is 51.1 Å². The molecule has 9 nitrogen and oxygen atoms in total. The van der Waals surface area contributed by atoms with Crippen molar-refractivity contribution >= 4 is 27.4 Å². The van der Waals surface area contributed by atoms with Crippen molar-refractivity contribution in [3.05, 3.63) is 75.1 Å². The number of benzene rings is 2. The topological polar surface area (TPSA) is 124 Å². The first-order valence-corrected chi connectivity index (χ1v) is 14.4. The number of hydrogen-bond acceptors (Lipinski definition) is 7. The standard InChI is InChI=1S/C28H35FN2O7S/c1-27(2,3)21-9-7-8-19(13-21)15-30(26(33)38-28(4,5)6)24-17-39(36,37)16-20(25(24)32)12-18-10-11-23(31(34)35)22(29)14-18/h7-11,13-14,20,24H,12,15-17H2,1-6H3. The predicted octanol–water partition coefficient (Wildman–Crippen LogP) is 4.99. The first-order chi connectivity index (χ1) is 17.9. The quantitative estimate of drug-likeness (QED) is 0.359. The van der Waals surface area contributed by atoms with Crippen LogP contribution >= 0.6 is 0 Å². The maximum Gasteiger partial charge on any atom is 0.411 e. The van der Waals surface area contributed by atoms with E-state index in [0.717, 1.165) is 22.6 Å². The normalized spacial score (nSPS) is 19.4. The number of ketones is 1. The summed E-state index contributed by atoms with van der Waals surface area (Å²) in [5, 5.41) is 10.9. The van der Waals surface area contributed by atoms with Gasteiger partial charge in [0.25, 0.3) is 0 Å². The third kappa shape index (κ3) is 7.84. The fourth-order valence-corrected chi connectivity index (χ4v) is 6.38. The zero-order chi connectivity index (χ0) is 29.3. The Kier molecular flexibility index (Phi) is 8.54. The minimum Gasteiger partial charge on any atom is -0.444 e. The van der Waals surface area contributed by atoms with Crippen LogP contribution in [0.3, 0.4) is 0 Å². The minimum absolute atomic E-state index is 0.0519. The molecule has 0 N–H and O–H groups in total. The number of nitro groups is 1. The Labute approximate surface area is 228 Å². The Morgan fingerprint density at radius 1 is 1.08 bits per heavy atom. The number of carbonyl (C=O) groups is 2. The largest absolute Gasteiger partial charge is 0.444 e. The van der Waals surface area contributed by atoms with E-state index in [4.69, 9.17) is 4.74 Å². The number of sulfone groups is 1. The summed E-state index contributed by atoms with van der Waals surface area (Å²) < 4.78 is 45.7. The SMILES string of the molecule is CC(C)(C)OC(=O)N(Cc1cccc(C(C)(C)C)c1)C1CS(=O)(=O)CC(Cc2ccc([N+](=O)[O-])c(F)c2)C1=O. The van der Waals surface area contributed by atoms with E-state index in [9.17, 15) is 32.5 Å². The van der Waals surface area contributed by atoms with Gasteiger partial charge in [0.05, 0.1) is 16.4 Å². The molecule has 39 heavy (non-hydrogen) atoms. The lowest BCUT2D eigenvalue weighted by atomic mass is 9.86. The Balaban J connectivity index is 1.98. The molecule has 1 saturated heterocycles. The lowest BCUT2D eigenvalue weighted by molar-refractivity contribution is -0.387. The molecule has 2 aromatic rings.